The van der Waals surface area contributed by atoms with Crippen molar-refractivity contribution in [1.29, 1.82) is 0 Å². The third-order valence-electron chi connectivity index (χ3n) is 3.42. The fraction of sp³-hybridized carbons (Fsp3) is 0.368. The van der Waals surface area contributed by atoms with Gasteiger partial charge in [-0.25, -0.2) is 9.78 Å². The topological polar surface area (TPSA) is 60.5 Å². The molecule has 0 saturated carbocycles. The molecule has 24 heavy (non-hydrogen) atoms. The summed E-state index contributed by atoms with van der Waals surface area (Å²) in [6.45, 7) is 7.44. The van der Waals surface area contributed by atoms with Gasteiger partial charge in [0.2, 0.25) is 5.88 Å². The first-order valence-corrected chi connectivity index (χ1v) is 7.89. The fourth-order valence-electron chi connectivity index (χ4n) is 2.29. The number of amides is 1. The Labute approximate surface area is 143 Å². The van der Waals surface area contributed by atoms with Crippen LogP contribution in [0.15, 0.2) is 42.6 Å². The molecular formula is C19H24N2O3. The summed E-state index contributed by atoms with van der Waals surface area (Å²) in [5.74, 6) is 0.588. The summed E-state index contributed by atoms with van der Waals surface area (Å²) in [6, 6.07) is 11.6. The molecular weight excluding hydrogens is 304 g/mol. The number of nitrogens with one attached hydrogen (secondary N) is 1. The van der Waals surface area contributed by atoms with Crippen LogP contribution in [0.3, 0.4) is 0 Å². The van der Waals surface area contributed by atoms with Crippen molar-refractivity contribution in [2.24, 2.45) is 0 Å². The summed E-state index contributed by atoms with van der Waals surface area (Å²) >= 11 is 0. The highest BCUT2D eigenvalue weighted by atomic mass is 16.6. The van der Waals surface area contributed by atoms with Gasteiger partial charge in [0.25, 0.3) is 0 Å². The lowest BCUT2D eigenvalue weighted by Crippen LogP contribution is -2.34. The lowest BCUT2D eigenvalue weighted by atomic mass is 10.0. The van der Waals surface area contributed by atoms with Gasteiger partial charge < -0.3 is 14.8 Å². The minimum atomic E-state index is -0.509. The van der Waals surface area contributed by atoms with Crippen molar-refractivity contribution in [3.05, 3.63) is 48.2 Å². The second-order valence-corrected chi connectivity index (χ2v) is 6.55. The highest BCUT2D eigenvalue weighted by Crippen LogP contribution is 2.28. The molecule has 0 saturated heterocycles. The molecule has 5 heteroatoms. The van der Waals surface area contributed by atoms with Crippen molar-refractivity contribution in [2.45, 2.75) is 39.3 Å². The highest BCUT2D eigenvalue weighted by molar-refractivity contribution is 5.70. The van der Waals surface area contributed by atoms with Crippen LogP contribution in [-0.4, -0.2) is 23.8 Å². The van der Waals surface area contributed by atoms with Crippen LogP contribution < -0.4 is 10.1 Å². The summed E-state index contributed by atoms with van der Waals surface area (Å²) in [5.41, 5.74) is 2.42. The van der Waals surface area contributed by atoms with Crippen LogP contribution in [0.25, 0.3) is 11.1 Å². The van der Waals surface area contributed by atoms with Crippen LogP contribution in [0.5, 0.6) is 5.88 Å². The standard InChI is InChI=1S/C19H24N2O3/c1-13(21-18(22)24-19(2,3)4)14-8-10-15(11-9-14)16-7-6-12-20-17(16)23-5/h6-13H,1-5H3,(H,21,22). The molecule has 0 aliphatic rings. The number of rotatable bonds is 4. The van der Waals surface area contributed by atoms with Gasteiger partial charge in [0, 0.05) is 11.8 Å². The van der Waals surface area contributed by atoms with Crippen LogP contribution in [0.4, 0.5) is 4.79 Å². The lowest BCUT2D eigenvalue weighted by Gasteiger charge is -2.22. The molecule has 1 aromatic carbocycles. The Morgan fingerprint density at radius 3 is 2.42 bits per heavy atom. The Morgan fingerprint density at radius 2 is 1.83 bits per heavy atom. The first-order valence-electron chi connectivity index (χ1n) is 7.89. The number of alkyl carbamates (subject to hydrolysis) is 1. The molecule has 0 bridgehead atoms. The van der Waals surface area contributed by atoms with Crippen LogP contribution in [0, 0.1) is 0 Å². The van der Waals surface area contributed by atoms with E-state index in [9.17, 15) is 4.79 Å². The van der Waals surface area contributed by atoms with Crippen molar-refractivity contribution in [1.82, 2.24) is 10.3 Å². The van der Waals surface area contributed by atoms with Gasteiger partial charge in [-0.2, -0.15) is 0 Å². The van der Waals surface area contributed by atoms with Gasteiger partial charge in [0.1, 0.15) is 5.60 Å². The van der Waals surface area contributed by atoms with E-state index in [4.69, 9.17) is 9.47 Å². The molecule has 2 aromatic rings. The molecule has 1 N–H and O–H groups in total. The molecule has 1 atom stereocenters. The summed E-state index contributed by atoms with van der Waals surface area (Å²) in [5, 5.41) is 2.84. The van der Waals surface area contributed by atoms with E-state index in [2.05, 4.69) is 10.3 Å². The minimum Gasteiger partial charge on any atom is -0.481 e. The van der Waals surface area contributed by atoms with Gasteiger partial charge in [-0.3, -0.25) is 0 Å². The number of hydrogen-bond acceptors (Lipinski definition) is 4. The number of carbonyl (C=O) groups excluding carboxylic acids is 1. The van der Waals surface area contributed by atoms with Crippen LogP contribution >= 0.6 is 0 Å². The summed E-state index contributed by atoms with van der Waals surface area (Å²) < 4.78 is 10.6. The van der Waals surface area contributed by atoms with Crippen molar-refractivity contribution < 1.29 is 14.3 Å². The first-order chi connectivity index (χ1) is 11.3. The normalized spacial score (nSPS) is 12.4. The van der Waals surface area contributed by atoms with Crippen molar-refractivity contribution in [2.75, 3.05) is 7.11 Å². The van der Waals surface area contributed by atoms with E-state index in [0.717, 1.165) is 16.7 Å². The van der Waals surface area contributed by atoms with E-state index in [1.807, 2.05) is 64.1 Å². The number of methoxy groups -OCH3 is 1. The number of aromatic nitrogens is 1. The predicted molar refractivity (Wildman–Crippen MR) is 94.0 cm³/mol. The second-order valence-electron chi connectivity index (χ2n) is 6.55. The molecule has 0 radical (unpaired) electrons. The molecule has 1 unspecified atom stereocenters. The average molecular weight is 328 g/mol. The molecule has 1 amide bonds. The smallest absolute Gasteiger partial charge is 0.408 e. The van der Waals surface area contributed by atoms with Crippen LogP contribution in [0.2, 0.25) is 0 Å². The number of nitrogens with zero attached hydrogens (tertiary/aromatic N) is 1. The monoisotopic (exact) mass is 328 g/mol. The Balaban J connectivity index is 2.10. The zero-order chi connectivity index (χ0) is 17.7. The van der Waals surface area contributed by atoms with Crippen molar-refractivity contribution in [3.8, 4) is 17.0 Å². The molecule has 2 rings (SSSR count). The zero-order valence-electron chi connectivity index (χ0n) is 14.8. The molecule has 0 aliphatic heterocycles. The molecule has 5 nitrogen and oxygen atoms in total. The second kappa shape index (κ2) is 7.34. The maximum Gasteiger partial charge on any atom is 0.408 e. The van der Waals surface area contributed by atoms with E-state index < -0.39 is 11.7 Å². The van der Waals surface area contributed by atoms with Gasteiger partial charge in [-0.05, 0) is 51.0 Å². The van der Waals surface area contributed by atoms with Gasteiger partial charge in [-0.15, -0.1) is 0 Å². The van der Waals surface area contributed by atoms with E-state index in [1.54, 1.807) is 13.3 Å². The zero-order valence-corrected chi connectivity index (χ0v) is 14.8. The number of hydrogen-bond donors (Lipinski definition) is 1. The predicted octanol–water partition coefficient (Wildman–Crippen LogP) is 4.34. The van der Waals surface area contributed by atoms with Crippen molar-refractivity contribution >= 4 is 6.09 Å². The number of ether oxygens (including phenoxy) is 2. The van der Waals surface area contributed by atoms with Gasteiger partial charge in [-0.1, -0.05) is 24.3 Å². The lowest BCUT2D eigenvalue weighted by molar-refractivity contribution is 0.0508. The molecule has 1 heterocycles. The van der Waals surface area contributed by atoms with Gasteiger partial charge >= 0.3 is 6.09 Å². The maximum atomic E-state index is 11.9. The molecule has 0 aliphatic carbocycles. The van der Waals surface area contributed by atoms with Crippen LogP contribution in [-0.2, 0) is 4.74 Å². The Morgan fingerprint density at radius 1 is 1.17 bits per heavy atom. The number of pyridine rings is 1. The molecule has 1 aromatic heterocycles. The van der Waals surface area contributed by atoms with E-state index in [1.165, 1.54) is 0 Å². The Kier molecular flexibility index (Phi) is 5.44. The number of benzene rings is 1. The Hall–Kier alpha value is -2.56. The summed E-state index contributed by atoms with van der Waals surface area (Å²) in [7, 11) is 1.60. The molecule has 0 spiro atoms. The number of carbonyl (C=O) groups is 1. The molecule has 0 fully saturated rings. The third-order valence-corrected chi connectivity index (χ3v) is 3.42. The largest absolute Gasteiger partial charge is 0.481 e. The summed E-state index contributed by atoms with van der Waals surface area (Å²) in [4.78, 5) is 16.1. The third kappa shape index (κ3) is 4.72. The highest BCUT2D eigenvalue weighted by Gasteiger charge is 2.18. The van der Waals surface area contributed by atoms with Gasteiger partial charge in [0.15, 0.2) is 0 Å². The Bertz CT molecular complexity index is 691. The fourth-order valence-corrected chi connectivity index (χ4v) is 2.29. The quantitative estimate of drug-likeness (QED) is 0.907. The van der Waals surface area contributed by atoms with Crippen molar-refractivity contribution in [3.63, 3.8) is 0 Å². The average Bonchev–Trinajstić information content (AvgIpc) is 2.53. The van der Waals surface area contributed by atoms with Crippen LogP contribution in [0.1, 0.15) is 39.3 Å². The maximum absolute atomic E-state index is 11.9. The first kappa shape index (κ1) is 17.8. The SMILES string of the molecule is COc1ncccc1-c1ccc(C(C)NC(=O)OC(C)(C)C)cc1. The van der Waals surface area contributed by atoms with E-state index in [-0.39, 0.29) is 6.04 Å². The molecule has 128 valence electrons. The van der Waals surface area contributed by atoms with E-state index in [0.29, 0.717) is 5.88 Å². The van der Waals surface area contributed by atoms with Gasteiger partial charge in [0.05, 0.1) is 13.2 Å². The minimum absolute atomic E-state index is 0.148. The summed E-state index contributed by atoms with van der Waals surface area (Å²) in [6.07, 6.45) is 1.27. The van der Waals surface area contributed by atoms with E-state index >= 15 is 0 Å².